The number of carbonyl (C=O) groups is 1. The van der Waals surface area contributed by atoms with Gasteiger partial charge < -0.3 is 15.2 Å². The predicted octanol–water partition coefficient (Wildman–Crippen LogP) is 3.21. The highest BCUT2D eigenvalue weighted by molar-refractivity contribution is 6.30. The van der Waals surface area contributed by atoms with Gasteiger partial charge in [0.2, 0.25) is 5.91 Å². The maximum absolute atomic E-state index is 12.1. The van der Waals surface area contributed by atoms with Gasteiger partial charge >= 0.3 is 0 Å². The van der Waals surface area contributed by atoms with Crippen molar-refractivity contribution in [3.63, 3.8) is 0 Å². The Hall–Kier alpha value is -2.30. The molecule has 0 heterocycles. The van der Waals surface area contributed by atoms with Crippen LogP contribution in [-0.4, -0.2) is 24.7 Å². The summed E-state index contributed by atoms with van der Waals surface area (Å²) in [4.78, 5) is 12.1. The molecular weight excluding hydrogens is 314 g/mol. The van der Waals surface area contributed by atoms with Gasteiger partial charge in [-0.25, -0.2) is 0 Å². The highest BCUT2D eigenvalue weighted by Gasteiger charge is 2.11. The van der Waals surface area contributed by atoms with E-state index in [4.69, 9.17) is 16.3 Å². The zero-order valence-corrected chi connectivity index (χ0v) is 13.5. The second-order valence-electron chi connectivity index (χ2n) is 4.87. The summed E-state index contributed by atoms with van der Waals surface area (Å²) in [6.07, 6.45) is 3.01. The lowest BCUT2D eigenvalue weighted by Crippen LogP contribution is -2.29. The fourth-order valence-electron chi connectivity index (χ4n) is 2.14. The molecule has 1 amide bonds. The molecular formula is C18H18ClNO3. The molecule has 2 N–H and O–H groups in total. The third kappa shape index (κ3) is 4.84. The third-order valence-corrected chi connectivity index (χ3v) is 3.54. The summed E-state index contributed by atoms with van der Waals surface area (Å²) >= 11 is 5.95. The Balaban J connectivity index is 2.08. The molecule has 0 aliphatic heterocycles. The molecule has 0 bridgehead atoms. The molecule has 0 spiro atoms. The summed E-state index contributed by atoms with van der Waals surface area (Å²) < 4.78 is 5.22. The van der Waals surface area contributed by atoms with Crippen molar-refractivity contribution >= 4 is 23.6 Å². The van der Waals surface area contributed by atoms with Crippen LogP contribution in [0.3, 0.4) is 0 Å². The number of halogens is 1. The van der Waals surface area contributed by atoms with Crippen LogP contribution in [0.2, 0.25) is 5.02 Å². The first kappa shape index (κ1) is 17.1. The van der Waals surface area contributed by atoms with Crippen molar-refractivity contribution in [2.45, 2.75) is 6.04 Å². The molecule has 1 atom stereocenters. The molecule has 1 unspecified atom stereocenters. The van der Waals surface area contributed by atoms with E-state index in [0.29, 0.717) is 16.3 Å². The van der Waals surface area contributed by atoms with Gasteiger partial charge in [0.15, 0.2) is 0 Å². The summed E-state index contributed by atoms with van der Waals surface area (Å²) in [6, 6.07) is 14.0. The van der Waals surface area contributed by atoms with Crippen molar-refractivity contribution in [3.05, 3.63) is 70.8 Å². The fraction of sp³-hybridized carbons (Fsp3) is 0.167. The van der Waals surface area contributed by atoms with Gasteiger partial charge in [-0.2, -0.15) is 0 Å². The normalized spacial score (nSPS) is 12.1. The van der Waals surface area contributed by atoms with Crippen LogP contribution in [0.1, 0.15) is 17.2 Å². The number of rotatable bonds is 6. The van der Waals surface area contributed by atoms with E-state index in [-0.39, 0.29) is 12.5 Å². The molecule has 4 nitrogen and oxygen atoms in total. The smallest absolute Gasteiger partial charge is 0.244 e. The molecule has 0 saturated heterocycles. The second-order valence-corrected chi connectivity index (χ2v) is 5.31. The van der Waals surface area contributed by atoms with Gasteiger partial charge in [0.1, 0.15) is 5.75 Å². The van der Waals surface area contributed by atoms with Gasteiger partial charge in [-0.15, -0.1) is 0 Å². The second kappa shape index (κ2) is 8.36. The van der Waals surface area contributed by atoms with E-state index in [1.54, 1.807) is 31.4 Å². The molecule has 23 heavy (non-hydrogen) atoms. The summed E-state index contributed by atoms with van der Waals surface area (Å²) in [5.74, 6) is 0.315. The summed E-state index contributed by atoms with van der Waals surface area (Å²) in [7, 11) is 1.55. The van der Waals surface area contributed by atoms with E-state index in [9.17, 15) is 9.90 Å². The zero-order valence-electron chi connectivity index (χ0n) is 12.7. The average Bonchev–Trinajstić information content (AvgIpc) is 2.58. The molecule has 0 saturated carbocycles. The summed E-state index contributed by atoms with van der Waals surface area (Å²) in [5, 5.41) is 12.8. The van der Waals surface area contributed by atoms with Crippen LogP contribution in [0, 0.1) is 0 Å². The maximum atomic E-state index is 12.1. The van der Waals surface area contributed by atoms with Gasteiger partial charge in [0.25, 0.3) is 0 Å². The minimum absolute atomic E-state index is 0.177. The van der Waals surface area contributed by atoms with Crippen LogP contribution in [0.15, 0.2) is 54.6 Å². The van der Waals surface area contributed by atoms with Gasteiger partial charge in [-0.05, 0) is 29.8 Å². The number of aliphatic hydroxyl groups is 1. The lowest BCUT2D eigenvalue weighted by Gasteiger charge is -2.15. The first-order valence-electron chi connectivity index (χ1n) is 7.12. The zero-order chi connectivity index (χ0) is 16.7. The van der Waals surface area contributed by atoms with Crippen LogP contribution < -0.4 is 10.1 Å². The van der Waals surface area contributed by atoms with Crippen molar-refractivity contribution in [1.82, 2.24) is 5.32 Å². The van der Waals surface area contributed by atoms with Crippen molar-refractivity contribution in [2.24, 2.45) is 0 Å². The van der Waals surface area contributed by atoms with Crippen molar-refractivity contribution in [3.8, 4) is 5.75 Å². The van der Waals surface area contributed by atoms with E-state index in [2.05, 4.69) is 5.32 Å². The molecule has 0 aromatic heterocycles. The number of ether oxygens (including phenoxy) is 1. The van der Waals surface area contributed by atoms with Crippen LogP contribution in [0.25, 0.3) is 6.08 Å². The van der Waals surface area contributed by atoms with E-state index in [0.717, 1.165) is 5.56 Å². The fourth-order valence-corrected chi connectivity index (χ4v) is 2.32. The largest absolute Gasteiger partial charge is 0.496 e. The number of nitrogens with one attached hydrogen (secondary N) is 1. The highest BCUT2D eigenvalue weighted by Crippen LogP contribution is 2.23. The van der Waals surface area contributed by atoms with Gasteiger partial charge in [-0.1, -0.05) is 41.9 Å². The monoisotopic (exact) mass is 331 g/mol. The number of hydrogen-bond donors (Lipinski definition) is 2. The number of carbonyl (C=O) groups excluding carboxylic acids is 1. The lowest BCUT2D eigenvalue weighted by atomic mass is 10.1. The topological polar surface area (TPSA) is 58.6 Å². The first-order valence-corrected chi connectivity index (χ1v) is 7.49. The van der Waals surface area contributed by atoms with Crippen LogP contribution >= 0.6 is 11.6 Å². The third-order valence-electron chi connectivity index (χ3n) is 3.31. The quantitative estimate of drug-likeness (QED) is 0.799. The SMILES string of the molecule is COc1ccc(Cl)cc1/C=C/C(=O)NC(CO)c1ccccc1. The number of methoxy groups -OCH3 is 1. The molecule has 5 heteroatoms. The Morgan fingerprint density at radius 1 is 1.30 bits per heavy atom. The standard InChI is InChI=1S/C18H18ClNO3/c1-23-17-9-8-15(19)11-14(17)7-10-18(22)20-16(12-21)13-5-3-2-4-6-13/h2-11,16,21H,12H2,1H3,(H,20,22)/b10-7+. The predicted molar refractivity (Wildman–Crippen MR) is 91.4 cm³/mol. The Kier molecular flexibility index (Phi) is 6.20. The van der Waals surface area contributed by atoms with E-state index in [1.165, 1.54) is 6.08 Å². The molecule has 120 valence electrons. The minimum atomic E-state index is -0.449. The molecule has 2 aromatic rings. The Bertz CT molecular complexity index is 686. The number of hydrogen-bond acceptors (Lipinski definition) is 3. The maximum Gasteiger partial charge on any atom is 0.244 e. The number of benzene rings is 2. The van der Waals surface area contributed by atoms with Gasteiger partial charge in [0, 0.05) is 16.7 Å². The number of amides is 1. The Morgan fingerprint density at radius 2 is 2.04 bits per heavy atom. The highest BCUT2D eigenvalue weighted by atomic mass is 35.5. The van der Waals surface area contributed by atoms with Crippen LogP contribution in [-0.2, 0) is 4.79 Å². The minimum Gasteiger partial charge on any atom is -0.496 e. The van der Waals surface area contributed by atoms with E-state index in [1.807, 2.05) is 30.3 Å². The molecule has 0 aliphatic carbocycles. The van der Waals surface area contributed by atoms with Crippen molar-refractivity contribution in [1.29, 1.82) is 0 Å². The van der Waals surface area contributed by atoms with Crippen LogP contribution in [0.4, 0.5) is 0 Å². The van der Waals surface area contributed by atoms with Crippen LogP contribution in [0.5, 0.6) is 5.75 Å². The summed E-state index contributed by atoms with van der Waals surface area (Å²) in [5.41, 5.74) is 1.55. The lowest BCUT2D eigenvalue weighted by molar-refractivity contribution is -0.117. The van der Waals surface area contributed by atoms with Crippen molar-refractivity contribution < 1.29 is 14.6 Å². The van der Waals surface area contributed by atoms with Gasteiger partial charge in [0.05, 0.1) is 19.8 Å². The van der Waals surface area contributed by atoms with E-state index >= 15 is 0 Å². The molecule has 0 fully saturated rings. The Morgan fingerprint density at radius 3 is 2.70 bits per heavy atom. The number of aliphatic hydroxyl groups excluding tert-OH is 1. The van der Waals surface area contributed by atoms with Crippen molar-refractivity contribution in [2.75, 3.05) is 13.7 Å². The Labute approximate surface area is 140 Å². The molecule has 0 radical (unpaired) electrons. The average molecular weight is 332 g/mol. The van der Waals surface area contributed by atoms with E-state index < -0.39 is 6.04 Å². The first-order chi connectivity index (χ1) is 11.1. The van der Waals surface area contributed by atoms with Gasteiger partial charge in [-0.3, -0.25) is 4.79 Å². The molecule has 2 aromatic carbocycles. The molecule has 0 aliphatic rings. The summed E-state index contributed by atoms with van der Waals surface area (Å²) in [6.45, 7) is -0.177. The molecule has 2 rings (SSSR count).